The van der Waals surface area contributed by atoms with Crippen molar-refractivity contribution in [3.05, 3.63) is 30.1 Å². The number of hydrogen-bond donors (Lipinski definition) is 0. The van der Waals surface area contributed by atoms with Gasteiger partial charge < -0.3 is 18.8 Å². The predicted octanol–water partition coefficient (Wildman–Crippen LogP) is 3.47. The molecule has 132 valence electrons. The molecule has 24 heavy (non-hydrogen) atoms. The zero-order chi connectivity index (χ0) is 17.9. The van der Waals surface area contributed by atoms with Crippen LogP contribution in [0.3, 0.4) is 0 Å². The van der Waals surface area contributed by atoms with Gasteiger partial charge >= 0.3 is 0 Å². The zero-order valence-corrected chi connectivity index (χ0v) is 15.0. The van der Waals surface area contributed by atoms with Crippen molar-refractivity contribution in [2.24, 2.45) is 0 Å². The number of methoxy groups -OCH3 is 1. The van der Waals surface area contributed by atoms with Crippen LogP contribution >= 0.6 is 0 Å². The number of ether oxygens (including phenoxy) is 3. The molecular formula is C18H26N2O4. The number of nitrogens with zero attached hydrogens (tertiary/aromatic N) is 2. The number of imidazole rings is 1. The average Bonchev–Trinajstić information content (AvgIpc) is 2.90. The van der Waals surface area contributed by atoms with Crippen molar-refractivity contribution in [1.82, 2.24) is 9.55 Å². The minimum atomic E-state index is 0.375. The third kappa shape index (κ3) is 5.01. The molecule has 0 N–H and O–H groups in total. The Bertz CT molecular complexity index is 638. The summed E-state index contributed by atoms with van der Waals surface area (Å²) in [6, 6.07) is 5.92. The van der Waals surface area contributed by atoms with Gasteiger partial charge in [-0.3, -0.25) is 4.79 Å². The second-order valence-electron chi connectivity index (χ2n) is 4.67. The molecule has 0 aliphatic carbocycles. The van der Waals surface area contributed by atoms with E-state index < -0.39 is 0 Å². The van der Waals surface area contributed by atoms with E-state index in [4.69, 9.17) is 14.3 Å². The Morgan fingerprint density at radius 3 is 2.71 bits per heavy atom. The number of carbonyl (C=O) groups excluding carboxylic acids is 1. The third-order valence-corrected chi connectivity index (χ3v) is 3.09. The lowest BCUT2D eigenvalue weighted by atomic mass is 10.2. The van der Waals surface area contributed by atoms with E-state index in [9.17, 15) is 0 Å². The molecule has 3 rings (SSSR count). The highest BCUT2D eigenvalue weighted by atomic mass is 16.5. The van der Waals surface area contributed by atoms with Crippen LogP contribution in [0.5, 0.6) is 11.5 Å². The Morgan fingerprint density at radius 1 is 1.38 bits per heavy atom. The lowest BCUT2D eigenvalue weighted by molar-refractivity contribution is -0.126. The molecule has 2 aromatic rings. The van der Waals surface area contributed by atoms with Crippen LogP contribution in [-0.2, 0) is 16.1 Å². The lowest BCUT2D eigenvalue weighted by Gasteiger charge is -2.09. The topological polar surface area (TPSA) is 62.6 Å². The van der Waals surface area contributed by atoms with Gasteiger partial charge in [-0.2, -0.15) is 0 Å². The standard InChI is InChI=1S/C14H16N2O2.C2H4O2.C2H6/c1-3-17-11-4-5-12-13(8-11)18-7-6-16-9-10(2)15-14(12)16;1-4-2-3;1-2/h4-5,8-9H,3,6-7H2,1-2H3;2H,1H3;1-2H3. The van der Waals surface area contributed by atoms with Crippen LogP contribution in [0.25, 0.3) is 11.4 Å². The fraction of sp³-hybridized carbons (Fsp3) is 0.444. The Kier molecular flexibility index (Phi) is 8.39. The highest BCUT2D eigenvalue weighted by Crippen LogP contribution is 2.34. The monoisotopic (exact) mass is 334 g/mol. The smallest absolute Gasteiger partial charge is 0.292 e. The summed E-state index contributed by atoms with van der Waals surface area (Å²) in [5, 5.41) is 0. The molecule has 0 radical (unpaired) electrons. The van der Waals surface area contributed by atoms with E-state index in [-0.39, 0.29) is 0 Å². The lowest BCUT2D eigenvalue weighted by Crippen LogP contribution is -2.04. The first-order valence-electron chi connectivity index (χ1n) is 8.09. The fourth-order valence-electron chi connectivity index (χ4n) is 2.25. The maximum atomic E-state index is 8.95. The first kappa shape index (κ1) is 19.5. The van der Waals surface area contributed by atoms with Gasteiger partial charge in [0.15, 0.2) is 0 Å². The molecule has 0 spiro atoms. The van der Waals surface area contributed by atoms with Crippen molar-refractivity contribution < 1.29 is 19.0 Å². The van der Waals surface area contributed by atoms with Gasteiger partial charge in [-0.05, 0) is 26.0 Å². The maximum absolute atomic E-state index is 8.95. The molecular weight excluding hydrogens is 308 g/mol. The zero-order valence-electron chi connectivity index (χ0n) is 15.0. The van der Waals surface area contributed by atoms with Gasteiger partial charge in [-0.1, -0.05) is 13.8 Å². The Morgan fingerprint density at radius 2 is 2.08 bits per heavy atom. The highest BCUT2D eigenvalue weighted by molar-refractivity contribution is 5.67. The quantitative estimate of drug-likeness (QED) is 0.804. The van der Waals surface area contributed by atoms with Crippen LogP contribution in [0, 0.1) is 6.92 Å². The predicted molar refractivity (Wildman–Crippen MR) is 93.5 cm³/mol. The van der Waals surface area contributed by atoms with Crippen LogP contribution in [0.15, 0.2) is 24.4 Å². The van der Waals surface area contributed by atoms with Gasteiger partial charge in [0.05, 0.1) is 31.5 Å². The molecule has 0 amide bonds. The van der Waals surface area contributed by atoms with Crippen molar-refractivity contribution >= 4 is 6.47 Å². The van der Waals surface area contributed by atoms with E-state index in [0.717, 1.165) is 35.1 Å². The summed E-state index contributed by atoms with van der Waals surface area (Å²) < 4.78 is 17.3. The molecule has 2 heterocycles. The van der Waals surface area contributed by atoms with E-state index in [1.54, 1.807) is 0 Å². The second-order valence-corrected chi connectivity index (χ2v) is 4.67. The number of aromatic nitrogens is 2. The van der Waals surface area contributed by atoms with Gasteiger partial charge in [0.2, 0.25) is 0 Å². The van der Waals surface area contributed by atoms with Gasteiger partial charge in [0.1, 0.15) is 23.9 Å². The van der Waals surface area contributed by atoms with Crippen LogP contribution in [0.1, 0.15) is 26.5 Å². The summed E-state index contributed by atoms with van der Waals surface area (Å²) in [7, 11) is 1.31. The molecule has 1 aromatic carbocycles. The number of hydrogen-bond acceptors (Lipinski definition) is 5. The SMILES string of the molecule is CC.CCOc1ccc2c(c1)OCCn1cc(C)nc1-2.COC=O. The van der Waals surface area contributed by atoms with Crippen molar-refractivity contribution in [2.45, 2.75) is 34.2 Å². The summed E-state index contributed by atoms with van der Waals surface area (Å²) in [6.07, 6.45) is 2.06. The first-order valence-corrected chi connectivity index (χ1v) is 8.09. The summed E-state index contributed by atoms with van der Waals surface area (Å²) in [5.74, 6) is 2.67. The van der Waals surface area contributed by atoms with Gasteiger partial charge in [-0.15, -0.1) is 0 Å². The Hall–Kier alpha value is -2.50. The summed E-state index contributed by atoms with van der Waals surface area (Å²) >= 11 is 0. The van der Waals surface area contributed by atoms with E-state index in [0.29, 0.717) is 19.7 Å². The van der Waals surface area contributed by atoms with Crippen LogP contribution < -0.4 is 9.47 Å². The summed E-state index contributed by atoms with van der Waals surface area (Å²) in [5.41, 5.74) is 2.07. The van der Waals surface area contributed by atoms with E-state index in [1.165, 1.54) is 7.11 Å². The number of benzene rings is 1. The molecule has 0 bridgehead atoms. The van der Waals surface area contributed by atoms with Gasteiger partial charge in [0, 0.05) is 12.3 Å². The normalized spacial score (nSPS) is 11.0. The van der Waals surface area contributed by atoms with E-state index >= 15 is 0 Å². The summed E-state index contributed by atoms with van der Waals surface area (Å²) in [6.45, 7) is 10.5. The van der Waals surface area contributed by atoms with E-state index in [1.807, 2.05) is 45.9 Å². The van der Waals surface area contributed by atoms with Crippen molar-refractivity contribution in [3.8, 4) is 22.9 Å². The average molecular weight is 334 g/mol. The summed E-state index contributed by atoms with van der Waals surface area (Å²) in [4.78, 5) is 13.5. The maximum Gasteiger partial charge on any atom is 0.292 e. The minimum Gasteiger partial charge on any atom is -0.494 e. The molecule has 0 atom stereocenters. The molecule has 0 saturated carbocycles. The molecule has 6 heteroatoms. The van der Waals surface area contributed by atoms with Crippen LogP contribution in [0.4, 0.5) is 0 Å². The van der Waals surface area contributed by atoms with Gasteiger partial charge in [-0.25, -0.2) is 4.98 Å². The number of rotatable bonds is 3. The molecule has 1 aromatic heterocycles. The molecule has 0 saturated heterocycles. The largest absolute Gasteiger partial charge is 0.494 e. The third-order valence-electron chi connectivity index (χ3n) is 3.09. The minimum absolute atomic E-state index is 0.375. The van der Waals surface area contributed by atoms with Crippen molar-refractivity contribution in [2.75, 3.05) is 20.3 Å². The highest BCUT2D eigenvalue weighted by Gasteiger charge is 2.17. The van der Waals surface area contributed by atoms with Crippen LogP contribution in [-0.4, -0.2) is 36.3 Å². The van der Waals surface area contributed by atoms with Crippen LogP contribution in [0.2, 0.25) is 0 Å². The number of carbonyl (C=O) groups is 1. The van der Waals surface area contributed by atoms with Crippen molar-refractivity contribution in [3.63, 3.8) is 0 Å². The van der Waals surface area contributed by atoms with Gasteiger partial charge in [0.25, 0.3) is 6.47 Å². The molecule has 1 aliphatic rings. The molecule has 6 nitrogen and oxygen atoms in total. The first-order chi connectivity index (χ1) is 11.7. The second kappa shape index (κ2) is 10.3. The number of aryl methyl sites for hydroxylation is 1. The molecule has 1 aliphatic heterocycles. The van der Waals surface area contributed by atoms with Crippen molar-refractivity contribution in [1.29, 1.82) is 0 Å². The van der Waals surface area contributed by atoms with E-state index in [2.05, 4.69) is 20.5 Å². The molecule has 0 unspecified atom stereocenters. The number of fused-ring (bicyclic) bond motifs is 3. The Labute approximate surface area is 143 Å². The fourth-order valence-corrected chi connectivity index (χ4v) is 2.25. The molecule has 0 fully saturated rings. The Balaban J connectivity index is 0.000000423.